The fourth-order valence-corrected chi connectivity index (χ4v) is 8.21. The van der Waals surface area contributed by atoms with Crippen LogP contribution in [0.25, 0.3) is 21.8 Å². The second kappa shape index (κ2) is 9.05. The Hall–Kier alpha value is -2.45. The van der Waals surface area contributed by atoms with Crippen molar-refractivity contribution in [3.63, 3.8) is 0 Å². The van der Waals surface area contributed by atoms with Crippen LogP contribution in [0.5, 0.6) is 5.88 Å². The summed E-state index contributed by atoms with van der Waals surface area (Å²) in [5, 5.41) is 1.36. The van der Waals surface area contributed by atoms with Gasteiger partial charge in [0.25, 0.3) is 0 Å². The maximum absolute atomic E-state index is 15.5. The zero-order valence-corrected chi connectivity index (χ0v) is 23.0. The zero-order chi connectivity index (χ0) is 26.3. The monoisotopic (exact) mass is 539 g/mol. The van der Waals surface area contributed by atoms with Gasteiger partial charge >= 0.3 is 0 Å². The smallest absolute Gasteiger partial charge is 0.223 e. The van der Waals surface area contributed by atoms with Gasteiger partial charge in [-0.25, -0.2) is 14.4 Å². The van der Waals surface area contributed by atoms with Crippen molar-refractivity contribution in [1.82, 2.24) is 24.3 Å². The number of nitrogens with zero attached hydrogens (tertiary/aromatic N) is 5. The van der Waals surface area contributed by atoms with Gasteiger partial charge in [-0.2, -0.15) is 0 Å². The fraction of sp³-hybridized carbons (Fsp3) is 0.621. The third-order valence-corrected chi connectivity index (χ3v) is 10.2. The summed E-state index contributed by atoms with van der Waals surface area (Å²) >= 11 is 6.15. The summed E-state index contributed by atoms with van der Waals surface area (Å²) in [5.74, 6) is 1.13. The summed E-state index contributed by atoms with van der Waals surface area (Å²) in [5.41, 5.74) is 2.24. The molecule has 5 aliphatic rings. The van der Waals surface area contributed by atoms with Crippen LogP contribution in [-0.4, -0.2) is 62.5 Å². The summed E-state index contributed by atoms with van der Waals surface area (Å²) in [4.78, 5) is 25.9. The molecule has 0 N–H and O–H groups in total. The molecule has 3 aliphatic carbocycles. The van der Waals surface area contributed by atoms with Crippen molar-refractivity contribution in [2.75, 3.05) is 20.1 Å². The third kappa shape index (κ3) is 3.59. The van der Waals surface area contributed by atoms with Crippen LogP contribution >= 0.6 is 11.6 Å². The molecule has 5 fully saturated rings. The van der Waals surface area contributed by atoms with Crippen molar-refractivity contribution in [3.05, 3.63) is 28.9 Å². The number of carbonyl (C=O) groups excluding carboxylic acids is 1. The van der Waals surface area contributed by atoms with Crippen LogP contribution in [-0.2, 0) is 4.79 Å². The lowest BCUT2D eigenvalue weighted by atomic mass is 9.78. The Bertz CT molecular complexity index is 1430. The van der Waals surface area contributed by atoms with E-state index in [1.54, 1.807) is 13.1 Å². The van der Waals surface area contributed by atoms with Crippen LogP contribution in [0.3, 0.4) is 0 Å². The van der Waals surface area contributed by atoms with E-state index >= 15 is 4.39 Å². The van der Waals surface area contributed by atoms with Crippen molar-refractivity contribution in [1.29, 1.82) is 0 Å². The van der Waals surface area contributed by atoms with E-state index in [2.05, 4.69) is 34.5 Å². The van der Waals surface area contributed by atoms with E-state index in [9.17, 15) is 4.79 Å². The van der Waals surface area contributed by atoms with Crippen molar-refractivity contribution < 1.29 is 13.9 Å². The molecule has 3 saturated carbocycles. The average molecular weight is 540 g/mol. The Balaban J connectivity index is 1.47. The molecule has 38 heavy (non-hydrogen) atoms. The van der Waals surface area contributed by atoms with Gasteiger partial charge < -0.3 is 14.2 Å². The topological polar surface area (TPSA) is 63.5 Å². The number of likely N-dealkylation sites (tertiary alicyclic amines) is 2. The molecule has 0 unspecified atom stereocenters. The third-order valence-electron chi connectivity index (χ3n) is 9.91. The molecule has 6 atom stereocenters. The van der Waals surface area contributed by atoms with E-state index in [1.807, 2.05) is 4.90 Å². The first-order chi connectivity index (χ1) is 18.3. The number of halogens is 2. The lowest BCUT2D eigenvalue weighted by Crippen LogP contribution is -2.38. The summed E-state index contributed by atoms with van der Waals surface area (Å²) in [6.45, 7) is 5.55. The van der Waals surface area contributed by atoms with Crippen LogP contribution < -0.4 is 4.74 Å². The summed E-state index contributed by atoms with van der Waals surface area (Å²) in [6, 6.07) is 2.79. The number of likely N-dealkylation sites (N-methyl/N-ethyl adjacent to an activating group) is 1. The standard InChI is InChI=1S/C29H35ClFN5O2/c1-15(21-6-4-10-34(21)3)38-29-19-13-23(22-7-5-11-35(22)16(2)37)36(26-17-8-9-18(26)12-17)27(19)20-14-32-28(30)24(31)25(20)33-29/h13-15,17-18,21-22,26H,4-12H2,1-3H3/t15-,17-,18+,21-,22+,26-/m0/s1. The first-order valence-electron chi connectivity index (χ1n) is 14.2. The largest absolute Gasteiger partial charge is 0.472 e. The van der Waals surface area contributed by atoms with Gasteiger partial charge in [-0.1, -0.05) is 11.6 Å². The number of hydrogen-bond acceptors (Lipinski definition) is 5. The maximum Gasteiger partial charge on any atom is 0.223 e. The number of aromatic nitrogens is 3. The van der Waals surface area contributed by atoms with Crippen LogP contribution in [0.15, 0.2) is 12.3 Å². The molecule has 1 amide bonds. The minimum atomic E-state index is -0.612. The Morgan fingerprint density at radius 1 is 1.16 bits per heavy atom. The Morgan fingerprint density at radius 2 is 1.92 bits per heavy atom. The van der Waals surface area contributed by atoms with Gasteiger partial charge in [0, 0.05) is 42.8 Å². The SMILES string of the molecule is CC(=O)N1CCC[C@@H]1c1cc2c(O[C@@H](C)[C@@H]3CCCN3C)nc3c(F)c(Cl)ncc3c2n1[C@@H]1[C@@H]2CC[C@H]1C2. The van der Waals surface area contributed by atoms with Gasteiger partial charge in [0.15, 0.2) is 11.0 Å². The van der Waals surface area contributed by atoms with E-state index in [4.69, 9.17) is 21.3 Å². The predicted octanol–water partition coefficient (Wildman–Crippen LogP) is 5.89. The van der Waals surface area contributed by atoms with E-state index in [0.717, 1.165) is 55.4 Å². The maximum atomic E-state index is 15.5. The summed E-state index contributed by atoms with van der Waals surface area (Å²) < 4.78 is 24.5. The molecule has 2 saturated heterocycles. The number of amides is 1. The van der Waals surface area contributed by atoms with E-state index in [0.29, 0.717) is 29.1 Å². The second-order valence-corrected chi connectivity index (χ2v) is 12.3. The molecule has 0 aromatic carbocycles. The van der Waals surface area contributed by atoms with E-state index < -0.39 is 5.82 Å². The van der Waals surface area contributed by atoms with E-state index in [-0.39, 0.29) is 34.8 Å². The number of rotatable bonds is 5. The molecule has 5 heterocycles. The molecule has 202 valence electrons. The molecule has 9 heteroatoms. The highest BCUT2D eigenvalue weighted by molar-refractivity contribution is 6.30. The van der Waals surface area contributed by atoms with Gasteiger partial charge in [0.1, 0.15) is 11.6 Å². The number of hydrogen-bond donors (Lipinski definition) is 0. The van der Waals surface area contributed by atoms with Gasteiger partial charge in [-0.15, -0.1) is 0 Å². The minimum absolute atomic E-state index is 0.00806. The summed E-state index contributed by atoms with van der Waals surface area (Å²) in [7, 11) is 2.13. The Kier molecular flexibility index (Phi) is 5.85. The number of carbonyl (C=O) groups is 1. The molecule has 3 aromatic heterocycles. The molecular weight excluding hydrogens is 505 g/mol. The van der Waals surface area contributed by atoms with Gasteiger partial charge in [-0.3, -0.25) is 9.69 Å². The number of ether oxygens (including phenoxy) is 1. The highest BCUT2D eigenvalue weighted by atomic mass is 35.5. The molecule has 2 bridgehead atoms. The molecule has 3 aromatic rings. The van der Waals surface area contributed by atoms with Crippen molar-refractivity contribution in [2.24, 2.45) is 11.8 Å². The normalized spacial score (nSPS) is 29.9. The van der Waals surface area contributed by atoms with E-state index in [1.165, 1.54) is 19.3 Å². The van der Waals surface area contributed by atoms with Crippen LogP contribution in [0, 0.1) is 17.7 Å². The molecule has 8 rings (SSSR count). The van der Waals surface area contributed by atoms with Crippen molar-refractivity contribution >= 4 is 39.3 Å². The molecule has 2 aliphatic heterocycles. The first kappa shape index (κ1) is 24.6. The van der Waals surface area contributed by atoms with Crippen LogP contribution in [0.4, 0.5) is 4.39 Å². The van der Waals surface area contributed by atoms with Gasteiger partial charge in [0.2, 0.25) is 11.8 Å². The molecule has 7 nitrogen and oxygen atoms in total. The predicted molar refractivity (Wildman–Crippen MR) is 145 cm³/mol. The highest BCUT2D eigenvalue weighted by Gasteiger charge is 2.50. The second-order valence-electron chi connectivity index (χ2n) is 12.0. The summed E-state index contributed by atoms with van der Waals surface area (Å²) in [6.07, 6.45) is 9.31. The van der Waals surface area contributed by atoms with Crippen molar-refractivity contribution in [3.8, 4) is 5.88 Å². The Labute approximate surface area is 227 Å². The average Bonchev–Trinajstić information content (AvgIpc) is 3.69. The lowest BCUT2D eigenvalue weighted by Gasteiger charge is -2.40. The molecule has 0 radical (unpaired) electrons. The lowest BCUT2D eigenvalue weighted by molar-refractivity contribution is -0.129. The van der Waals surface area contributed by atoms with Crippen LogP contribution in [0.2, 0.25) is 5.15 Å². The van der Waals surface area contributed by atoms with Gasteiger partial charge in [0.05, 0.1) is 16.9 Å². The fourth-order valence-electron chi connectivity index (χ4n) is 8.07. The number of fused-ring (bicyclic) bond motifs is 4. The quantitative estimate of drug-likeness (QED) is 0.378. The van der Waals surface area contributed by atoms with Crippen molar-refractivity contribution in [2.45, 2.75) is 83.0 Å². The highest BCUT2D eigenvalue weighted by Crippen LogP contribution is 2.59. The molecular formula is C29H35ClFN5O2. The van der Waals surface area contributed by atoms with Gasteiger partial charge in [-0.05, 0) is 83.4 Å². The number of pyridine rings is 2. The molecule has 0 spiro atoms. The minimum Gasteiger partial charge on any atom is -0.472 e. The van der Waals surface area contributed by atoms with Crippen LogP contribution in [0.1, 0.15) is 76.6 Å². The Morgan fingerprint density at radius 3 is 2.61 bits per heavy atom. The first-order valence-corrected chi connectivity index (χ1v) is 14.5. The zero-order valence-electron chi connectivity index (χ0n) is 22.3.